The second-order valence-corrected chi connectivity index (χ2v) is 5.85. The van der Waals surface area contributed by atoms with Crippen molar-refractivity contribution in [2.45, 2.75) is 31.7 Å². The molecule has 0 spiro atoms. The molecule has 1 fully saturated rings. The third-order valence-corrected chi connectivity index (χ3v) is 4.27. The van der Waals surface area contributed by atoms with Gasteiger partial charge in [-0.1, -0.05) is 12.1 Å². The van der Waals surface area contributed by atoms with Crippen LogP contribution in [0.1, 0.15) is 43.0 Å². The molecule has 2 aromatic rings. The molecule has 1 aliphatic rings. The number of nitrogens with one attached hydrogen (secondary N) is 1. The van der Waals surface area contributed by atoms with Crippen LogP contribution in [-0.2, 0) is 4.74 Å². The molecule has 4 nitrogen and oxygen atoms in total. The van der Waals surface area contributed by atoms with Gasteiger partial charge in [0.25, 0.3) is 0 Å². The predicted octanol–water partition coefficient (Wildman–Crippen LogP) is 3.73. The quantitative estimate of drug-likeness (QED) is 0.844. The van der Waals surface area contributed by atoms with Crippen molar-refractivity contribution in [3.8, 4) is 0 Å². The molecule has 0 aliphatic carbocycles. The summed E-state index contributed by atoms with van der Waals surface area (Å²) >= 11 is 0. The fourth-order valence-corrected chi connectivity index (χ4v) is 2.92. The van der Waals surface area contributed by atoms with Crippen molar-refractivity contribution >= 4 is 11.4 Å². The zero-order chi connectivity index (χ0) is 15.4. The Morgan fingerprint density at radius 1 is 1.23 bits per heavy atom. The van der Waals surface area contributed by atoms with E-state index >= 15 is 0 Å². The SMILES string of the molecule is CC(Nc1cc(C2CCOCC2)ccc1N)c1ccccn1. The Kier molecular flexibility index (Phi) is 4.59. The molecule has 0 saturated carbocycles. The summed E-state index contributed by atoms with van der Waals surface area (Å²) in [6.07, 6.45) is 3.98. The highest BCUT2D eigenvalue weighted by Crippen LogP contribution is 2.32. The van der Waals surface area contributed by atoms with Gasteiger partial charge in [0.05, 0.1) is 23.1 Å². The van der Waals surface area contributed by atoms with Gasteiger partial charge in [0.2, 0.25) is 0 Å². The summed E-state index contributed by atoms with van der Waals surface area (Å²) in [6.45, 7) is 3.80. The van der Waals surface area contributed by atoms with E-state index in [0.717, 1.165) is 43.1 Å². The minimum absolute atomic E-state index is 0.119. The molecular weight excluding hydrogens is 274 g/mol. The number of anilines is 2. The zero-order valence-electron chi connectivity index (χ0n) is 13.0. The van der Waals surface area contributed by atoms with Crippen LogP contribution in [-0.4, -0.2) is 18.2 Å². The van der Waals surface area contributed by atoms with Crippen molar-refractivity contribution in [3.05, 3.63) is 53.9 Å². The van der Waals surface area contributed by atoms with Crippen molar-refractivity contribution in [1.82, 2.24) is 4.98 Å². The largest absolute Gasteiger partial charge is 0.397 e. The van der Waals surface area contributed by atoms with Gasteiger partial charge in [0, 0.05) is 19.4 Å². The fourth-order valence-electron chi connectivity index (χ4n) is 2.92. The van der Waals surface area contributed by atoms with E-state index in [0.29, 0.717) is 5.92 Å². The van der Waals surface area contributed by atoms with Crippen LogP contribution < -0.4 is 11.1 Å². The normalized spacial score (nSPS) is 17.1. The first-order chi connectivity index (χ1) is 10.7. The van der Waals surface area contributed by atoms with E-state index in [1.807, 2.05) is 30.5 Å². The van der Waals surface area contributed by atoms with Gasteiger partial charge < -0.3 is 15.8 Å². The highest BCUT2D eigenvalue weighted by molar-refractivity contribution is 5.67. The third-order valence-electron chi connectivity index (χ3n) is 4.27. The van der Waals surface area contributed by atoms with Crippen molar-refractivity contribution in [3.63, 3.8) is 0 Å². The van der Waals surface area contributed by atoms with Gasteiger partial charge in [0.15, 0.2) is 0 Å². The number of rotatable bonds is 4. The molecule has 0 bridgehead atoms. The molecule has 1 saturated heterocycles. The minimum Gasteiger partial charge on any atom is -0.397 e. The van der Waals surface area contributed by atoms with Gasteiger partial charge in [-0.05, 0) is 55.5 Å². The summed E-state index contributed by atoms with van der Waals surface area (Å²) in [7, 11) is 0. The Bertz CT molecular complexity index is 609. The number of nitrogens with zero attached hydrogens (tertiary/aromatic N) is 1. The molecule has 0 amide bonds. The Balaban J connectivity index is 1.77. The number of nitrogen functional groups attached to an aromatic ring is 1. The van der Waals surface area contributed by atoms with E-state index in [1.54, 1.807) is 0 Å². The molecule has 1 aromatic carbocycles. The third kappa shape index (κ3) is 3.39. The van der Waals surface area contributed by atoms with E-state index in [4.69, 9.17) is 10.5 Å². The summed E-state index contributed by atoms with van der Waals surface area (Å²) in [4.78, 5) is 4.40. The highest BCUT2D eigenvalue weighted by atomic mass is 16.5. The lowest BCUT2D eigenvalue weighted by molar-refractivity contribution is 0.0853. The molecule has 1 unspecified atom stereocenters. The monoisotopic (exact) mass is 297 g/mol. The van der Waals surface area contributed by atoms with E-state index in [-0.39, 0.29) is 6.04 Å². The molecule has 3 N–H and O–H groups in total. The maximum absolute atomic E-state index is 6.14. The second kappa shape index (κ2) is 6.79. The number of pyridine rings is 1. The van der Waals surface area contributed by atoms with Crippen LogP contribution in [0.25, 0.3) is 0 Å². The van der Waals surface area contributed by atoms with E-state index in [9.17, 15) is 0 Å². The van der Waals surface area contributed by atoms with Crippen molar-refractivity contribution in [1.29, 1.82) is 0 Å². The van der Waals surface area contributed by atoms with Gasteiger partial charge in [-0.15, -0.1) is 0 Å². The molecule has 3 rings (SSSR count). The van der Waals surface area contributed by atoms with Crippen molar-refractivity contribution < 1.29 is 4.74 Å². The number of hydrogen-bond donors (Lipinski definition) is 2. The standard InChI is InChI=1S/C18H23N3O/c1-13(17-4-2-3-9-20-17)21-18-12-15(5-6-16(18)19)14-7-10-22-11-8-14/h2-6,9,12-14,21H,7-8,10-11,19H2,1H3. The number of hydrogen-bond acceptors (Lipinski definition) is 4. The van der Waals surface area contributed by atoms with Gasteiger partial charge in [-0.2, -0.15) is 0 Å². The Labute approximate surface area is 131 Å². The molecule has 1 aromatic heterocycles. The van der Waals surface area contributed by atoms with Crippen molar-refractivity contribution in [2.75, 3.05) is 24.3 Å². The van der Waals surface area contributed by atoms with E-state index in [2.05, 4.69) is 29.4 Å². The molecule has 116 valence electrons. The maximum Gasteiger partial charge on any atom is 0.0657 e. The average Bonchev–Trinajstić information content (AvgIpc) is 2.58. The van der Waals surface area contributed by atoms with Crippen LogP contribution in [0.3, 0.4) is 0 Å². The Morgan fingerprint density at radius 3 is 2.77 bits per heavy atom. The van der Waals surface area contributed by atoms with Gasteiger partial charge in [0.1, 0.15) is 0 Å². The molecule has 4 heteroatoms. The lowest BCUT2D eigenvalue weighted by Gasteiger charge is -2.24. The highest BCUT2D eigenvalue weighted by Gasteiger charge is 2.17. The lowest BCUT2D eigenvalue weighted by Crippen LogP contribution is -2.15. The number of nitrogens with two attached hydrogens (primary N) is 1. The smallest absolute Gasteiger partial charge is 0.0657 e. The first kappa shape index (κ1) is 14.9. The van der Waals surface area contributed by atoms with Gasteiger partial charge in [-0.25, -0.2) is 0 Å². The second-order valence-electron chi connectivity index (χ2n) is 5.85. The first-order valence-corrected chi connectivity index (χ1v) is 7.88. The molecule has 2 heterocycles. The fraction of sp³-hybridized carbons (Fsp3) is 0.389. The number of aromatic nitrogens is 1. The Morgan fingerprint density at radius 2 is 2.05 bits per heavy atom. The molecule has 22 heavy (non-hydrogen) atoms. The zero-order valence-corrected chi connectivity index (χ0v) is 13.0. The van der Waals surface area contributed by atoms with Crippen LogP contribution >= 0.6 is 0 Å². The summed E-state index contributed by atoms with van der Waals surface area (Å²) < 4.78 is 5.45. The molecule has 1 aliphatic heterocycles. The number of ether oxygens (including phenoxy) is 1. The van der Waals surface area contributed by atoms with E-state index in [1.165, 1.54) is 5.56 Å². The summed E-state index contributed by atoms with van der Waals surface area (Å²) in [5.41, 5.74) is 10.3. The number of benzene rings is 1. The molecule has 0 radical (unpaired) electrons. The Hall–Kier alpha value is -2.07. The van der Waals surface area contributed by atoms with Crippen LogP contribution in [0.2, 0.25) is 0 Å². The minimum atomic E-state index is 0.119. The predicted molar refractivity (Wildman–Crippen MR) is 89.9 cm³/mol. The summed E-state index contributed by atoms with van der Waals surface area (Å²) in [5.74, 6) is 0.569. The average molecular weight is 297 g/mol. The van der Waals surface area contributed by atoms with Crippen LogP contribution in [0.4, 0.5) is 11.4 Å². The van der Waals surface area contributed by atoms with Crippen LogP contribution in [0, 0.1) is 0 Å². The maximum atomic E-state index is 6.14. The lowest BCUT2D eigenvalue weighted by atomic mass is 9.91. The molecule has 1 atom stereocenters. The summed E-state index contributed by atoms with van der Waals surface area (Å²) in [5, 5.41) is 3.49. The van der Waals surface area contributed by atoms with E-state index < -0.39 is 0 Å². The first-order valence-electron chi connectivity index (χ1n) is 7.88. The van der Waals surface area contributed by atoms with Crippen LogP contribution in [0.5, 0.6) is 0 Å². The van der Waals surface area contributed by atoms with Crippen molar-refractivity contribution in [2.24, 2.45) is 0 Å². The van der Waals surface area contributed by atoms with Gasteiger partial charge in [-0.3, -0.25) is 4.98 Å². The summed E-state index contributed by atoms with van der Waals surface area (Å²) in [6, 6.07) is 12.4. The topological polar surface area (TPSA) is 60.2 Å². The molecular formula is C18H23N3O. The van der Waals surface area contributed by atoms with Crippen LogP contribution in [0.15, 0.2) is 42.6 Å². The van der Waals surface area contributed by atoms with Gasteiger partial charge >= 0.3 is 0 Å².